The molecule has 1 atom stereocenters. The Bertz CT molecular complexity index is 492. The number of benzene rings is 1. The highest BCUT2D eigenvalue weighted by atomic mass is 16.2. The van der Waals surface area contributed by atoms with Gasteiger partial charge in [0.15, 0.2) is 0 Å². The van der Waals surface area contributed by atoms with Crippen LogP contribution in [-0.2, 0) is 4.79 Å². The molecular formula is C14H17N3O2. The zero-order chi connectivity index (χ0) is 13.2. The number of imide groups is 1. The molecule has 19 heavy (non-hydrogen) atoms. The van der Waals surface area contributed by atoms with Gasteiger partial charge in [-0.25, -0.2) is 4.79 Å². The van der Waals surface area contributed by atoms with Gasteiger partial charge in [-0.05, 0) is 37.0 Å². The van der Waals surface area contributed by atoms with E-state index in [-0.39, 0.29) is 5.91 Å². The zero-order valence-electron chi connectivity index (χ0n) is 10.7. The maximum atomic E-state index is 11.6. The number of piperidine rings is 1. The number of amides is 3. The number of carbonyl (C=O) groups is 2. The SMILES string of the molecule is O=C1NC(=O)C(c2ccc(N3CCCCC3)cc2)N1. The first kappa shape index (κ1) is 12.0. The molecule has 2 aliphatic heterocycles. The molecule has 1 aromatic carbocycles. The van der Waals surface area contributed by atoms with Gasteiger partial charge in [-0.15, -0.1) is 0 Å². The van der Waals surface area contributed by atoms with Crippen LogP contribution in [0.2, 0.25) is 0 Å². The zero-order valence-corrected chi connectivity index (χ0v) is 10.7. The van der Waals surface area contributed by atoms with Crippen molar-refractivity contribution in [1.82, 2.24) is 10.6 Å². The minimum absolute atomic E-state index is 0.282. The molecular weight excluding hydrogens is 242 g/mol. The van der Waals surface area contributed by atoms with Crippen molar-refractivity contribution in [3.05, 3.63) is 29.8 Å². The molecule has 3 rings (SSSR count). The Labute approximate surface area is 112 Å². The maximum absolute atomic E-state index is 11.6. The molecule has 1 unspecified atom stereocenters. The molecule has 0 aliphatic carbocycles. The van der Waals surface area contributed by atoms with Crippen molar-refractivity contribution in [2.24, 2.45) is 0 Å². The minimum Gasteiger partial charge on any atom is -0.372 e. The van der Waals surface area contributed by atoms with Crippen LogP contribution < -0.4 is 15.5 Å². The van der Waals surface area contributed by atoms with Gasteiger partial charge in [0, 0.05) is 18.8 Å². The number of carbonyl (C=O) groups excluding carboxylic acids is 2. The van der Waals surface area contributed by atoms with Crippen LogP contribution >= 0.6 is 0 Å². The third-order valence-electron chi connectivity index (χ3n) is 3.72. The van der Waals surface area contributed by atoms with Crippen LogP contribution in [0.15, 0.2) is 24.3 Å². The Balaban J connectivity index is 1.75. The van der Waals surface area contributed by atoms with Gasteiger partial charge in [0.1, 0.15) is 6.04 Å². The van der Waals surface area contributed by atoms with Crippen molar-refractivity contribution in [3.63, 3.8) is 0 Å². The fraction of sp³-hybridized carbons (Fsp3) is 0.429. The standard InChI is InChI=1S/C14H17N3O2/c18-13-12(15-14(19)16-13)10-4-6-11(7-5-10)17-8-2-1-3-9-17/h4-7,12H,1-3,8-9H2,(H2,15,16,18,19). The summed E-state index contributed by atoms with van der Waals surface area (Å²) in [5.74, 6) is -0.282. The second kappa shape index (κ2) is 4.91. The second-order valence-electron chi connectivity index (χ2n) is 5.03. The number of urea groups is 1. The molecule has 0 spiro atoms. The van der Waals surface area contributed by atoms with Gasteiger partial charge < -0.3 is 10.2 Å². The third kappa shape index (κ3) is 2.41. The largest absolute Gasteiger partial charge is 0.372 e. The lowest BCUT2D eigenvalue weighted by atomic mass is 10.1. The van der Waals surface area contributed by atoms with Crippen molar-refractivity contribution in [1.29, 1.82) is 0 Å². The fourth-order valence-electron chi connectivity index (χ4n) is 2.68. The number of hydrogen-bond acceptors (Lipinski definition) is 3. The summed E-state index contributed by atoms with van der Waals surface area (Å²) in [6.45, 7) is 2.19. The highest BCUT2D eigenvalue weighted by molar-refractivity contribution is 6.04. The van der Waals surface area contributed by atoms with E-state index < -0.39 is 12.1 Å². The van der Waals surface area contributed by atoms with Crippen LogP contribution in [0.1, 0.15) is 30.9 Å². The smallest absolute Gasteiger partial charge is 0.322 e. The average molecular weight is 259 g/mol. The van der Waals surface area contributed by atoms with Crippen LogP contribution in [0.5, 0.6) is 0 Å². The summed E-state index contributed by atoms with van der Waals surface area (Å²) < 4.78 is 0. The molecule has 2 saturated heterocycles. The van der Waals surface area contributed by atoms with Crippen molar-refractivity contribution in [2.45, 2.75) is 25.3 Å². The molecule has 100 valence electrons. The Hall–Kier alpha value is -2.04. The van der Waals surface area contributed by atoms with E-state index in [0.717, 1.165) is 18.7 Å². The molecule has 5 nitrogen and oxygen atoms in total. The Kier molecular flexibility index (Phi) is 3.11. The summed E-state index contributed by atoms with van der Waals surface area (Å²) >= 11 is 0. The lowest BCUT2D eigenvalue weighted by molar-refractivity contribution is -0.120. The summed E-state index contributed by atoms with van der Waals surface area (Å²) in [5, 5.41) is 4.85. The molecule has 1 aromatic rings. The molecule has 0 radical (unpaired) electrons. The van der Waals surface area contributed by atoms with E-state index in [0.29, 0.717) is 0 Å². The normalized spacial score (nSPS) is 23.2. The molecule has 5 heteroatoms. The first-order chi connectivity index (χ1) is 9.24. The van der Waals surface area contributed by atoms with Crippen LogP contribution in [0.3, 0.4) is 0 Å². The van der Waals surface area contributed by atoms with Crippen LogP contribution in [0.25, 0.3) is 0 Å². The molecule has 3 amide bonds. The van der Waals surface area contributed by atoms with Gasteiger partial charge in [-0.2, -0.15) is 0 Å². The van der Waals surface area contributed by atoms with Crippen LogP contribution in [0, 0.1) is 0 Å². The highest BCUT2D eigenvalue weighted by Crippen LogP contribution is 2.23. The first-order valence-corrected chi connectivity index (χ1v) is 6.70. The van der Waals surface area contributed by atoms with Crippen molar-refractivity contribution < 1.29 is 9.59 Å². The molecule has 0 bridgehead atoms. The van der Waals surface area contributed by atoms with Gasteiger partial charge in [-0.1, -0.05) is 12.1 Å². The third-order valence-corrected chi connectivity index (χ3v) is 3.72. The van der Waals surface area contributed by atoms with E-state index in [1.165, 1.54) is 24.9 Å². The number of nitrogens with zero attached hydrogens (tertiary/aromatic N) is 1. The van der Waals surface area contributed by atoms with E-state index in [2.05, 4.69) is 15.5 Å². The number of hydrogen-bond donors (Lipinski definition) is 2. The van der Waals surface area contributed by atoms with E-state index in [4.69, 9.17) is 0 Å². The lowest BCUT2D eigenvalue weighted by Gasteiger charge is -2.29. The average Bonchev–Trinajstić information content (AvgIpc) is 2.79. The molecule has 2 N–H and O–H groups in total. The molecule has 2 fully saturated rings. The van der Waals surface area contributed by atoms with Crippen molar-refractivity contribution >= 4 is 17.6 Å². The maximum Gasteiger partial charge on any atom is 0.322 e. The monoisotopic (exact) mass is 259 g/mol. The molecule has 2 heterocycles. The predicted molar refractivity (Wildman–Crippen MR) is 71.9 cm³/mol. The van der Waals surface area contributed by atoms with Gasteiger partial charge in [0.2, 0.25) is 0 Å². The first-order valence-electron chi connectivity index (χ1n) is 6.70. The second-order valence-corrected chi connectivity index (χ2v) is 5.03. The Morgan fingerprint density at radius 2 is 1.68 bits per heavy atom. The van der Waals surface area contributed by atoms with E-state index >= 15 is 0 Å². The molecule has 0 aromatic heterocycles. The quantitative estimate of drug-likeness (QED) is 0.792. The van der Waals surface area contributed by atoms with E-state index in [1.54, 1.807) is 0 Å². The molecule has 2 aliphatic rings. The lowest BCUT2D eigenvalue weighted by Crippen LogP contribution is -2.29. The topological polar surface area (TPSA) is 61.4 Å². The fourth-order valence-corrected chi connectivity index (χ4v) is 2.68. The summed E-state index contributed by atoms with van der Waals surface area (Å²) in [6.07, 6.45) is 3.79. The predicted octanol–water partition coefficient (Wildman–Crippen LogP) is 1.56. The van der Waals surface area contributed by atoms with Gasteiger partial charge in [0.25, 0.3) is 5.91 Å². The molecule has 0 saturated carbocycles. The van der Waals surface area contributed by atoms with Crippen LogP contribution in [0.4, 0.5) is 10.5 Å². The summed E-state index contributed by atoms with van der Waals surface area (Å²) in [4.78, 5) is 25.0. The highest BCUT2D eigenvalue weighted by Gasteiger charge is 2.30. The van der Waals surface area contributed by atoms with Crippen molar-refractivity contribution in [3.8, 4) is 0 Å². The minimum atomic E-state index is -0.553. The Morgan fingerprint density at radius 1 is 1.00 bits per heavy atom. The van der Waals surface area contributed by atoms with Crippen molar-refractivity contribution in [2.75, 3.05) is 18.0 Å². The van der Waals surface area contributed by atoms with Gasteiger partial charge in [-0.3, -0.25) is 10.1 Å². The number of rotatable bonds is 2. The Morgan fingerprint density at radius 3 is 2.26 bits per heavy atom. The summed E-state index contributed by atoms with van der Waals surface area (Å²) in [7, 11) is 0. The van der Waals surface area contributed by atoms with Gasteiger partial charge >= 0.3 is 6.03 Å². The van der Waals surface area contributed by atoms with Gasteiger partial charge in [0.05, 0.1) is 0 Å². The van der Waals surface area contributed by atoms with E-state index in [1.807, 2.05) is 24.3 Å². The van der Waals surface area contributed by atoms with Crippen LogP contribution in [-0.4, -0.2) is 25.0 Å². The van der Waals surface area contributed by atoms with E-state index in [9.17, 15) is 9.59 Å². The number of anilines is 1. The number of nitrogens with one attached hydrogen (secondary N) is 2. The summed E-state index contributed by atoms with van der Waals surface area (Å²) in [6, 6.07) is 6.91. The summed E-state index contributed by atoms with van der Waals surface area (Å²) in [5.41, 5.74) is 2.01.